The lowest BCUT2D eigenvalue weighted by Crippen LogP contribution is -2.33. The first-order valence-electron chi connectivity index (χ1n) is 6.01. The molecule has 1 atom stereocenters. The van der Waals surface area contributed by atoms with Crippen LogP contribution in [0.5, 0.6) is 0 Å². The van der Waals surface area contributed by atoms with Gasteiger partial charge in [0, 0.05) is 30.2 Å². The normalized spacial score (nSPS) is 12.8. The fourth-order valence-electron chi connectivity index (χ4n) is 2.22. The largest absolute Gasteiger partial charge is 0.480 e. The van der Waals surface area contributed by atoms with Crippen LogP contribution in [0.25, 0.3) is 10.9 Å². The molecule has 0 fully saturated rings. The third-order valence-electron chi connectivity index (χ3n) is 3.45. The molecule has 0 aliphatic heterocycles. The average molecular weight is 246 g/mol. The Kier molecular flexibility index (Phi) is 3.39. The summed E-state index contributed by atoms with van der Waals surface area (Å²) in [7, 11) is 2.01. The standard InChI is InChI=1S/C14H18N2O2/c1-9-11-6-4-5-7-12(11)16(3)13(9)8-15-10(2)14(17)18/h4-7,10,15H,8H2,1-3H3,(H,17,18). The van der Waals surface area contributed by atoms with Crippen molar-refractivity contribution in [1.82, 2.24) is 9.88 Å². The molecule has 0 spiro atoms. The lowest BCUT2D eigenvalue weighted by Gasteiger charge is -2.11. The van der Waals surface area contributed by atoms with Gasteiger partial charge in [-0.2, -0.15) is 0 Å². The van der Waals surface area contributed by atoms with E-state index in [-0.39, 0.29) is 0 Å². The highest BCUT2D eigenvalue weighted by Crippen LogP contribution is 2.24. The van der Waals surface area contributed by atoms with Crippen LogP contribution in [0.1, 0.15) is 18.2 Å². The van der Waals surface area contributed by atoms with Gasteiger partial charge in [-0.15, -0.1) is 0 Å². The topological polar surface area (TPSA) is 54.3 Å². The van der Waals surface area contributed by atoms with Crippen molar-refractivity contribution in [2.24, 2.45) is 7.05 Å². The van der Waals surface area contributed by atoms with Gasteiger partial charge < -0.3 is 9.67 Å². The van der Waals surface area contributed by atoms with Crippen LogP contribution in [0.3, 0.4) is 0 Å². The molecule has 4 nitrogen and oxygen atoms in total. The number of carbonyl (C=O) groups is 1. The first kappa shape index (κ1) is 12.6. The van der Waals surface area contributed by atoms with Crippen molar-refractivity contribution in [3.05, 3.63) is 35.5 Å². The van der Waals surface area contributed by atoms with Crippen LogP contribution in [-0.4, -0.2) is 21.7 Å². The Morgan fingerprint density at radius 1 is 1.44 bits per heavy atom. The fourth-order valence-corrected chi connectivity index (χ4v) is 2.22. The van der Waals surface area contributed by atoms with Gasteiger partial charge in [0.25, 0.3) is 0 Å². The molecule has 0 saturated heterocycles. The lowest BCUT2D eigenvalue weighted by atomic mass is 10.1. The van der Waals surface area contributed by atoms with Crippen molar-refractivity contribution >= 4 is 16.9 Å². The number of nitrogens with zero attached hydrogens (tertiary/aromatic N) is 1. The van der Waals surface area contributed by atoms with Gasteiger partial charge in [0.05, 0.1) is 0 Å². The van der Waals surface area contributed by atoms with E-state index in [9.17, 15) is 4.79 Å². The van der Waals surface area contributed by atoms with Crippen LogP contribution >= 0.6 is 0 Å². The van der Waals surface area contributed by atoms with E-state index >= 15 is 0 Å². The lowest BCUT2D eigenvalue weighted by molar-refractivity contribution is -0.139. The molecule has 2 rings (SSSR count). The van der Waals surface area contributed by atoms with Gasteiger partial charge >= 0.3 is 5.97 Å². The Morgan fingerprint density at radius 2 is 2.11 bits per heavy atom. The third-order valence-corrected chi connectivity index (χ3v) is 3.45. The predicted octanol–water partition coefficient (Wildman–Crippen LogP) is 2.05. The van der Waals surface area contributed by atoms with E-state index in [0.29, 0.717) is 6.54 Å². The van der Waals surface area contributed by atoms with Crippen LogP contribution in [0.4, 0.5) is 0 Å². The minimum atomic E-state index is -0.827. The van der Waals surface area contributed by atoms with Crippen LogP contribution in [0, 0.1) is 6.92 Å². The van der Waals surface area contributed by atoms with Crippen LogP contribution < -0.4 is 5.32 Å². The fraction of sp³-hybridized carbons (Fsp3) is 0.357. The average Bonchev–Trinajstić information content (AvgIpc) is 2.60. The van der Waals surface area contributed by atoms with Crippen LogP contribution in [0.2, 0.25) is 0 Å². The van der Waals surface area contributed by atoms with E-state index in [1.54, 1.807) is 6.92 Å². The molecule has 96 valence electrons. The van der Waals surface area contributed by atoms with Gasteiger partial charge in [-0.3, -0.25) is 10.1 Å². The number of fused-ring (bicyclic) bond motifs is 1. The Balaban J connectivity index is 2.31. The molecule has 0 bridgehead atoms. The molecule has 1 aromatic heterocycles. The molecule has 2 aromatic rings. The van der Waals surface area contributed by atoms with Crippen LogP contribution in [0.15, 0.2) is 24.3 Å². The number of aliphatic carboxylic acids is 1. The first-order valence-corrected chi connectivity index (χ1v) is 6.01. The summed E-state index contributed by atoms with van der Waals surface area (Å²) >= 11 is 0. The van der Waals surface area contributed by atoms with Gasteiger partial charge in [-0.25, -0.2) is 0 Å². The van der Waals surface area contributed by atoms with E-state index in [1.165, 1.54) is 16.5 Å². The predicted molar refractivity (Wildman–Crippen MR) is 71.6 cm³/mol. The number of carboxylic acids is 1. The number of hydrogen-bond donors (Lipinski definition) is 2. The summed E-state index contributed by atoms with van der Waals surface area (Å²) < 4.78 is 2.12. The van der Waals surface area contributed by atoms with E-state index in [0.717, 1.165) is 5.69 Å². The Hall–Kier alpha value is -1.81. The van der Waals surface area contributed by atoms with Crippen molar-refractivity contribution in [2.75, 3.05) is 0 Å². The maximum Gasteiger partial charge on any atom is 0.320 e. The molecular formula is C14H18N2O2. The number of nitrogens with one attached hydrogen (secondary N) is 1. The quantitative estimate of drug-likeness (QED) is 0.868. The van der Waals surface area contributed by atoms with E-state index in [1.807, 2.05) is 19.2 Å². The molecule has 0 saturated carbocycles. The Labute approximate surface area is 106 Å². The van der Waals surface area contributed by atoms with Crippen molar-refractivity contribution < 1.29 is 9.90 Å². The second-order valence-corrected chi connectivity index (χ2v) is 4.59. The molecule has 1 unspecified atom stereocenters. The van der Waals surface area contributed by atoms with E-state index in [4.69, 9.17) is 5.11 Å². The van der Waals surface area contributed by atoms with Crippen molar-refractivity contribution in [3.63, 3.8) is 0 Å². The minimum Gasteiger partial charge on any atom is -0.480 e. The van der Waals surface area contributed by atoms with E-state index in [2.05, 4.69) is 28.9 Å². The van der Waals surface area contributed by atoms with E-state index < -0.39 is 12.0 Å². The van der Waals surface area contributed by atoms with Crippen molar-refractivity contribution in [1.29, 1.82) is 0 Å². The first-order chi connectivity index (χ1) is 8.52. The summed E-state index contributed by atoms with van der Waals surface area (Å²) in [4.78, 5) is 10.8. The number of benzene rings is 1. The summed E-state index contributed by atoms with van der Waals surface area (Å²) in [6, 6.07) is 7.66. The molecule has 0 aliphatic rings. The number of aryl methyl sites for hydroxylation is 2. The summed E-state index contributed by atoms with van der Waals surface area (Å²) in [5.74, 6) is -0.827. The zero-order chi connectivity index (χ0) is 13.3. The number of carboxylic acid groups (broad SMARTS) is 1. The zero-order valence-corrected chi connectivity index (χ0v) is 10.9. The Bertz CT molecular complexity index is 548. The van der Waals surface area contributed by atoms with Gasteiger partial charge in [0.2, 0.25) is 0 Å². The summed E-state index contributed by atoms with van der Waals surface area (Å²) in [5.41, 5.74) is 3.51. The SMILES string of the molecule is Cc1c(CNC(C)C(=O)O)n(C)c2ccccc12. The smallest absolute Gasteiger partial charge is 0.320 e. The highest BCUT2D eigenvalue weighted by Gasteiger charge is 2.14. The molecule has 18 heavy (non-hydrogen) atoms. The molecule has 4 heteroatoms. The summed E-state index contributed by atoms with van der Waals surface area (Å²) in [5, 5.41) is 13.1. The van der Waals surface area contributed by atoms with Gasteiger partial charge in [0.1, 0.15) is 6.04 Å². The molecule has 0 aliphatic carbocycles. The minimum absolute atomic E-state index is 0.539. The highest BCUT2D eigenvalue weighted by molar-refractivity contribution is 5.85. The molecule has 0 radical (unpaired) electrons. The second-order valence-electron chi connectivity index (χ2n) is 4.59. The molecule has 1 aromatic carbocycles. The number of rotatable bonds is 4. The van der Waals surface area contributed by atoms with Crippen molar-refractivity contribution in [2.45, 2.75) is 26.4 Å². The molecule has 2 N–H and O–H groups in total. The highest BCUT2D eigenvalue weighted by atomic mass is 16.4. The van der Waals surface area contributed by atoms with Gasteiger partial charge in [-0.1, -0.05) is 18.2 Å². The van der Waals surface area contributed by atoms with Crippen molar-refractivity contribution in [3.8, 4) is 0 Å². The maximum absolute atomic E-state index is 10.8. The molecular weight excluding hydrogens is 228 g/mol. The Morgan fingerprint density at radius 3 is 2.72 bits per heavy atom. The maximum atomic E-state index is 10.8. The van der Waals surface area contributed by atoms with Gasteiger partial charge in [-0.05, 0) is 25.5 Å². The summed E-state index contributed by atoms with van der Waals surface area (Å²) in [6.07, 6.45) is 0. The second kappa shape index (κ2) is 4.82. The summed E-state index contributed by atoms with van der Waals surface area (Å²) in [6.45, 7) is 4.29. The third kappa shape index (κ3) is 2.11. The molecule has 1 heterocycles. The van der Waals surface area contributed by atoms with Crippen LogP contribution in [-0.2, 0) is 18.4 Å². The molecule has 0 amide bonds. The number of para-hydroxylation sites is 1. The van der Waals surface area contributed by atoms with Gasteiger partial charge in [0.15, 0.2) is 0 Å². The zero-order valence-electron chi connectivity index (χ0n) is 10.9. The number of aromatic nitrogens is 1. The monoisotopic (exact) mass is 246 g/mol. The number of hydrogen-bond acceptors (Lipinski definition) is 2.